The molecule has 7 nitrogen and oxygen atoms in total. The van der Waals surface area contributed by atoms with Crippen LogP contribution in [-0.2, 0) is 25.7 Å². The Morgan fingerprint density at radius 2 is 1.97 bits per heavy atom. The summed E-state index contributed by atoms with van der Waals surface area (Å²) >= 11 is 0. The lowest BCUT2D eigenvalue weighted by molar-refractivity contribution is 0.0616. The van der Waals surface area contributed by atoms with Crippen LogP contribution >= 0.6 is 24.0 Å². The second kappa shape index (κ2) is 12.6. The number of nitrogens with one attached hydrogen (secondary N) is 2. The zero-order chi connectivity index (χ0) is 22.3. The van der Waals surface area contributed by atoms with Gasteiger partial charge in [-0.15, -0.1) is 24.0 Å². The number of likely N-dealkylation sites (tertiary alicyclic amines) is 1. The Labute approximate surface area is 209 Å². The summed E-state index contributed by atoms with van der Waals surface area (Å²) in [6.45, 7) is 11.3. The minimum Gasteiger partial charge on any atom is -0.383 e. The van der Waals surface area contributed by atoms with Gasteiger partial charge in [-0.25, -0.2) is 4.99 Å². The fourth-order valence-corrected chi connectivity index (χ4v) is 4.01. The van der Waals surface area contributed by atoms with E-state index in [0.29, 0.717) is 19.0 Å². The third-order valence-corrected chi connectivity index (χ3v) is 5.86. The van der Waals surface area contributed by atoms with Crippen LogP contribution in [0.2, 0.25) is 0 Å². The predicted molar refractivity (Wildman–Crippen MR) is 141 cm³/mol. The van der Waals surface area contributed by atoms with Gasteiger partial charge < -0.3 is 15.7 Å². The molecule has 2 unspecified atom stereocenters. The van der Waals surface area contributed by atoms with Gasteiger partial charge in [-0.05, 0) is 50.3 Å². The van der Waals surface area contributed by atoms with E-state index >= 15 is 0 Å². The summed E-state index contributed by atoms with van der Waals surface area (Å²) in [5.74, 6) is 1.50. The number of aromatic nitrogens is 2. The minimum atomic E-state index is -1.03. The fraction of sp³-hybridized carbons (Fsp3) is 0.583. The molecule has 0 bridgehead atoms. The lowest BCUT2D eigenvalue weighted by Gasteiger charge is -2.30. The molecular formula is C24H39IN6O. The van der Waals surface area contributed by atoms with Gasteiger partial charge in [-0.2, -0.15) is 5.10 Å². The van der Waals surface area contributed by atoms with Crippen LogP contribution in [-0.4, -0.2) is 51.9 Å². The van der Waals surface area contributed by atoms with Crippen LogP contribution in [0.1, 0.15) is 50.3 Å². The molecule has 1 aliphatic rings. The quantitative estimate of drug-likeness (QED) is 0.266. The van der Waals surface area contributed by atoms with Gasteiger partial charge in [-0.3, -0.25) is 9.58 Å². The highest BCUT2D eigenvalue weighted by Crippen LogP contribution is 2.19. The van der Waals surface area contributed by atoms with Crippen molar-refractivity contribution >= 4 is 29.9 Å². The maximum atomic E-state index is 10.8. The first-order valence-corrected chi connectivity index (χ1v) is 11.4. The van der Waals surface area contributed by atoms with Gasteiger partial charge in [0.2, 0.25) is 0 Å². The normalized spacial score (nSPS) is 19.2. The van der Waals surface area contributed by atoms with Crippen molar-refractivity contribution in [1.29, 1.82) is 0 Å². The van der Waals surface area contributed by atoms with Crippen molar-refractivity contribution in [2.75, 3.05) is 26.2 Å². The summed E-state index contributed by atoms with van der Waals surface area (Å²) in [6, 6.07) is 8.78. The molecule has 0 radical (unpaired) electrons. The van der Waals surface area contributed by atoms with Gasteiger partial charge >= 0.3 is 0 Å². The number of guanidine groups is 1. The second-order valence-electron chi connectivity index (χ2n) is 9.02. The van der Waals surface area contributed by atoms with Gasteiger partial charge in [-0.1, -0.05) is 31.2 Å². The largest absolute Gasteiger partial charge is 0.383 e. The van der Waals surface area contributed by atoms with Crippen molar-refractivity contribution in [3.8, 4) is 0 Å². The van der Waals surface area contributed by atoms with E-state index in [0.717, 1.165) is 24.6 Å². The van der Waals surface area contributed by atoms with Crippen LogP contribution in [0, 0.1) is 5.92 Å². The van der Waals surface area contributed by atoms with E-state index in [1.165, 1.54) is 37.1 Å². The molecule has 3 rings (SSSR count). The number of hydrogen-bond acceptors (Lipinski definition) is 4. The van der Waals surface area contributed by atoms with E-state index in [9.17, 15) is 5.11 Å². The molecule has 0 spiro atoms. The molecule has 1 aliphatic heterocycles. The van der Waals surface area contributed by atoms with Crippen molar-refractivity contribution in [3.05, 3.63) is 53.3 Å². The lowest BCUT2D eigenvalue weighted by Crippen LogP contribution is -2.44. The van der Waals surface area contributed by atoms with Crippen molar-refractivity contribution in [1.82, 2.24) is 25.3 Å². The molecule has 2 aromatic rings. The van der Waals surface area contributed by atoms with E-state index in [1.807, 2.05) is 20.2 Å². The van der Waals surface area contributed by atoms with Crippen molar-refractivity contribution in [2.45, 2.75) is 52.3 Å². The van der Waals surface area contributed by atoms with Gasteiger partial charge in [0.05, 0.1) is 19.3 Å². The summed E-state index contributed by atoms with van der Waals surface area (Å²) in [5.41, 5.74) is 2.28. The van der Waals surface area contributed by atoms with E-state index in [-0.39, 0.29) is 24.0 Å². The molecule has 3 N–H and O–H groups in total. The zero-order valence-corrected chi connectivity index (χ0v) is 22.2. The topological polar surface area (TPSA) is 77.7 Å². The molecule has 2 atom stereocenters. The Kier molecular flexibility index (Phi) is 10.4. The third-order valence-electron chi connectivity index (χ3n) is 5.86. The lowest BCUT2D eigenvalue weighted by atomic mass is 9.99. The van der Waals surface area contributed by atoms with Crippen molar-refractivity contribution < 1.29 is 5.11 Å². The summed E-state index contributed by atoms with van der Waals surface area (Å²) in [5, 5.41) is 21.4. The van der Waals surface area contributed by atoms with Gasteiger partial charge in [0, 0.05) is 38.4 Å². The van der Waals surface area contributed by atoms with Crippen LogP contribution < -0.4 is 10.6 Å². The number of aryl methyl sites for hydroxylation is 1. The molecular weight excluding hydrogens is 515 g/mol. The number of aliphatic hydroxyl groups is 1. The first-order chi connectivity index (χ1) is 14.9. The van der Waals surface area contributed by atoms with Crippen LogP contribution in [0.4, 0.5) is 0 Å². The fourth-order valence-electron chi connectivity index (χ4n) is 4.01. The average Bonchev–Trinajstić information content (AvgIpc) is 3.19. The smallest absolute Gasteiger partial charge is 0.191 e. The Morgan fingerprint density at radius 1 is 1.25 bits per heavy atom. The van der Waals surface area contributed by atoms with Gasteiger partial charge in [0.25, 0.3) is 0 Å². The van der Waals surface area contributed by atoms with Gasteiger partial charge in [0.1, 0.15) is 5.60 Å². The molecule has 1 fully saturated rings. The van der Waals surface area contributed by atoms with E-state index in [1.54, 1.807) is 17.8 Å². The SMILES string of the molecule is CCNC(=NCc1ccc(CN2CCCC(C)C2)cc1)NCC(C)(O)c1cnn(C)c1.I. The molecule has 1 aromatic heterocycles. The van der Waals surface area contributed by atoms with Crippen LogP contribution in [0.25, 0.3) is 0 Å². The molecule has 8 heteroatoms. The first kappa shape index (κ1) is 26.6. The van der Waals surface area contributed by atoms with Crippen molar-refractivity contribution in [3.63, 3.8) is 0 Å². The Morgan fingerprint density at radius 3 is 2.59 bits per heavy atom. The monoisotopic (exact) mass is 554 g/mol. The van der Waals surface area contributed by atoms with Crippen LogP contribution in [0.15, 0.2) is 41.7 Å². The first-order valence-electron chi connectivity index (χ1n) is 11.4. The van der Waals surface area contributed by atoms with Crippen LogP contribution in [0.3, 0.4) is 0 Å². The second-order valence-corrected chi connectivity index (χ2v) is 9.02. The Bertz CT molecular complexity index is 848. The number of hydrogen-bond donors (Lipinski definition) is 3. The summed E-state index contributed by atoms with van der Waals surface area (Å²) < 4.78 is 1.69. The Hall–Kier alpha value is -1.65. The molecule has 1 aromatic carbocycles. The van der Waals surface area contributed by atoms with Crippen LogP contribution in [0.5, 0.6) is 0 Å². The number of halogens is 1. The molecule has 0 amide bonds. The predicted octanol–water partition coefficient (Wildman–Crippen LogP) is 3.23. The van der Waals surface area contributed by atoms with Crippen molar-refractivity contribution in [2.24, 2.45) is 18.0 Å². The highest BCUT2D eigenvalue weighted by atomic mass is 127. The van der Waals surface area contributed by atoms with Gasteiger partial charge in [0.15, 0.2) is 5.96 Å². The highest BCUT2D eigenvalue weighted by Gasteiger charge is 2.25. The molecule has 1 saturated heterocycles. The standard InChI is InChI=1S/C24H38N6O.HI/c1-5-25-23(27-18-24(3,31)22-14-28-29(4)17-22)26-13-20-8-10-21(11-9-20)16-30-12-6-7-19(2)15-30;/h8-11,14,17,19,31H,5-7,12-13,15-16,18H2,1-4H3,(H2,25,26,27);1H. The summed E-state index contributed by atoms with van der Waals surface area (Å²) in [6.07, 6.45) is 6.19. The number of nitrogens with zero attached hydrogens (tertiary/aromatic N) is 4. The minimum absolute atomic E-state index is 0. The summed E-state index contributed by atoms with van der Waals surface area (Å²) in [4.78, 5) is 7.25. The number of piperidine rings is 1. The Balaban J connectivity index is 0.00000363. The number of benzene rings is 1. The molecule has 0 saturated carbocycles. The number of rotatable bonds is 8. The molecule has 0 aliphatic carbocycles. The maximum Gasteiger partial charge on any atom is 0.191 e. The molecule has 32 heavy (non-hydrogen) atoms. The zero-order valence-electron chi connectivity index (χ0n) is 19.8. The molecule has 178 valence electrons. The third kappa shape index (κ3) is 8.04. The molecule has 2 heterocycles. The number of aliphatic imine (C=N–C) groups is 1. The average molecular weight is 555 g/mol. The summed E-state index contributed by atoms with van der Waals surface area (Å²) in [7, 11) is 1.84. The van der Waals surface area contributed by atoms with E-state index in [2.05, 4.69) is 51.8 Å². The van der Waals surface area contributed by atoms with E-state index < -0.39 is 5.60 Å². The maximum absolute atomic E-state index is 10.8. The van der Waals surface area contributed by atoms with E-state index in [4.69, 9.17) is 4.99 Å². The highest BCUT2D eigenvalue weighted by molar-refractivity contribution is 14.0.